The summed E-state index contributed by atoms with van der Waals surface area (Å²) in [5.41, 5.74) is 0.810. The number of carbonyl (C=O) groups is 1. The van der Waals surface area contributed by atoms with Crippen molar-refractivity contribution >= 4 is 27.6 Å². The molecule has 0 fully saturated rings. The first kappa shape index (κ1) is 20.4. The zero-order valence-corrected chi connectivity index (χ0v) is 16.1. The van der Waals surface area contributed by atoms with Crippen molar-refractivity contribution in [3.63, 3.8) is 0 Å². The van der Waals surface area contributed by atoms with E-state index in [0.717, 1.165) is 0 Å². The lowest BCUT2D eigenvalue weighted by atomic mass is 10.1. The van der Waals surface area contributed by atoms with E-state index in [-0.39, 0.29) is 22.0 Å². The number of carbonyl (C=O) groups excluding carboxylic acids is 1. The molecule has 0 heterocycles. The molecule has 0 aromatic heterocycles. The van der Waals surface area contributed by atoms with Gasteiger partial charge in [0.1, 0.15) is 10.7 Å². The molecule has 0 saturated carbocycles. The monoisotopic (exact) mass is 399 g/mol. The van der Waals surface area contributed by atoms with Crippen molar-refractivity contribution in [1.29, 1.82) is 0 Å². The van der Waals surface area contributed by atoms with Crippen LogP contribution in [0.4, 0.5) is 4.39 Å². The highest BCUT2D eigenvalue weighted by Gasteiger charge is 2.30. The van der Waals surface area contributed by atoms with Gasteiger partial charge < -0.3 is 4.74 Å². The number of nitrogens with zero attached hydrogens (tertiary/aromatic N) is 1. The lowest BCUT2D eigenvalue weighted by molar-refractivity contribution is 0.0600. The van der Waals surface area contributed by atoms with E-state index in [9.17, 15) is 17.6 Å². The largest absolute Gasteiger partial charge is 0.465 e. The molecule has 0 spiro atoms. The van der Waals surface area contributed by atoms with E-state index >= 15 is 0 Å². The van der Waals surface area contributed by atoms with Crippen LogP contribution in [0.5, 0.6) is 0 Å². The second kappa shape index (κ2) is 8.16. The lowest BCUT2D eigenvalue weighted by Crippen LogP contribution is -2.33. The molecule has 2 aromatic rings. The fourth-order valence-corrected chi connectivity index (χ4v) is 4.79. The molecule has 2 rings (SSSR count). The van der Waals surface area contributed by atoms with E-state index in [4.69, 9.17) is 11.6 Å². The summed E-state index contributed by atoms with van der Waals surface area (Å²) in [6.45, 7) is 3.61. The third kappa shape index (κ3) is 4.06. The quantitative estimate of drug-likeness (QED) is 0.688. The minimum atomic E-state index is -3.93. The highest BCUT2D eigenvalue weighted by atomic mass is 35.5. The van der Waals surface area contributed by atoms with Gasteiger partial charge in [0.15, 0.2) is 0 Å². The number of hydrogen-bond acceptors (Lipinski definition) is 4. The standard InChI is InChI=1S/C18H19ClFNO4S/c1-4-21(12(2)13-5-8-15(20)9-6-13)26(23,24)17-10-7-14(11-16(17)19)18(22)25-3/h5-12H,4H2,1-3H3. The van der Waals surface area contributed by atoms with Crippen molar-refractivity contribution in [2.45, 2.75) is 24.8 Å². The van der Waals surface area contributed by atoms with Gasteiger partial charge in [-0.25, -0.2) is 17.6 Å². The van der Waals surface area contributed by atoms with Crippen molar-refractivity contribution in [2.24, 2.45) is 0 Å². The van der Waals surface area contributed by atoms with Gasteiger partial charge in [0.05, 0.1) is 17.7 Å². The van der Waals surface area contributed by atoms with Crippen molar-refractivity contribution in [1.82, 2.24) is 4.31 Å². The molecule has 26 heavy (non-hydrogen) atoms. The summed E-state index contributed by atoms with van der Waals surface area (Å²) in [4.78, 5) is 11.5. The molecule has 0 amide bonds. The molecule has 1 atom stereocenters. The molecule has 0 aliphatic carbocycles. The maximum atomic E-state index is 13.1. The zero-order valence-electron chi connectivity index (χ0n) is 14.6. The highest BCUT2D eigenvalue weighted by molar-refractivity contribution is 7.89. The predicted octanol–water partition coefficient (Wildman–Crippen LogP) is 4.04. The molecule has 8 heteroatoms. The van der Waals surface area contributed by atoms with Gasteiger partial charge in [0.25, 0.3) is 0 Å². The summed E-state index contributed by atoms with van der Waals surface area (Å²) >= 11 is 6.12. The Balaban J connectivity index is 2.43. The van der Waals surface area contributed by atoms with Crippen LogP contribution in [0.15, 0.2) is 47.4 Å². The molecule has 1 unspecified atom stereocenters. The van der Waals surface area contributed by atoms with Crippen LogP contribution in [-0.4, -0.2) is 32.3 Å². The third-order valence-electron chi connectivity index (χ3n) is 4.04. The van der Waals surface area contributed by atoms with Crippen LogP contribution in [0.25, 0.3) is 0 Å². The normalized spacial score (nSPS) is 12.8. The maximum absolute atomic E-state index is 13.1. The van der Waals surface area contributed by atoms with Crippen LogP contribution >= 0.6 is 11.6 Å². The van der Waals surface area contributed by atoms with Gasteiger partial charge >= 0.3 is 5.97 Å². The molecular weight excluding hydrogens is 381 g/mol. The number of ether oxygens (including phenoxy) is 1. The van der Waals surface area contributed by atoms with Crippen LogP contribution in [-0.2, 0) is 14.8 Å². The minimum absolute atomic E-state index is 0.0716. The second-order valence-electron chi connectivity index (χ2n) is 5.57. The Morgan fingerprint density at radius 3 is 2.35 bits per heavy atom. The maximum Gasteiger partial charge on any atom is 0.337 e. The first-order chi connectivity index (χ1) is 12.2. The van der Waals surface area contributed by atoms with E-state index < -0.39 is 27.9 Å². The Hall–Kier alpha value is -1.96. The fourth-order valence-electron chi connectivity index (χ4n) is 2.64. The summed E-state index contributed by atoms with van der Waals surface area (Å²) in [5, 5.41) is -0.0716. The summed E-state index contributed by atoms with van der Waals surface area (Å²) < 4.78 is 45.1. The van der Waals surface area contributed by atoms with Gasteiger partial charge in [-0.15, -0.1) is 0 Å². The molecule has 0 radical (unpaired) electrons. The number of halogens is 2. The van der Waals surface area contributed by atoms with E-state index in [0.29, 0.717) is 5.56 Å². The van der Waals surface area contributed by atoms with Gasteiger partial charge in [-0.1, -0.05) is 30.7 Å². The fraction of sp³-hybridized carbons (Fsp3) is 0.278. The van der Waals surface area contributed by atoms with Gasteiger partial charge in [0, 0.05) is 12.6 Å². The summed E-state index contributed by atoms with van der Waals surface area (Å²) in [6.07, 6.45) is 0. The van der Waals surface area contributed by atoms with E-state index in [1.165, 1.54) is 41.7 Å². The van der Waals surface area contributed by atoms with Crippen molar-refractivity contribution in [3.8, 4) is 0 Å². The Morgan fingerprint density at radius 1 is 1.23 bits per heavy atom. The Labute approximate surface area is 157 Å². The topological polar surface area (TPSA) is 63.7 Å². The highest BCUT2D eigenvalue weighted by Crippen LogP contribution is 2.31. The van der Waals surface area contributed by atoms with Gasteiger partial charge in [0.2, 0.25) is 10.0 Å². The molecular formula is C18H19ClFNO4S. The lowest BCUT2D eigenvalue weighted by Gasteiger charge is -2.28. The SMILES string of the molecule is CCN(C(C)c1ccc(F)cc1)S(=O)(=O)c1ccc(C(=O)OC)cc1Cl. The first-order valence-corrected chi connectivity index (χ1v) is 9.69. The van der Waals surface area contributed by atoms with E-state index in [2.05, 4.69) is 4.74 Å². The molecule has 0 aliphatic rings. The number of sulfonamides is 1. The molecule has 0 N–H and O–H groups in total. The first-order valence-electron chi connectivity index (χ1n) is 7.87. The van der Waals surface area contributed by atoms with Crippen molar-refractivity contribution < 1.29 is 22.3 Å². The van der Waals surface area contributed by atoms with Crippen molar-refractivity contribution in [3.05, 3.63) is 64.4 Å². The van der Waals surface area contributed by atoms with E-state index in [1.54, 1.807) is 26.0 Å². The molecule has 0 aliphatic heterocycles. The Morgan fingerprint density at radius 2 is 1.85 bits per heavy atom. The Kier molecular flexibility index (Phi) is 6.39. The molecule has 0 bridgehead atoms. The number of benzene rings is 2. The second-order valence-corrected chi connectivity index (χ2v) is 7.84. The van der Waals surface area contributed by atoms with Crippen LogP contribution in [0.1, 0.15) is 35.8 Å². The molecule has 140 valence electrons. The summed E-state index contributed by atoms with van der Waals surface area (Å²) in [7, 11) is -2.71. The summed E-state index contributed by atoms with van der Waals surface area (Å²) in [5.74, 6) is -1.00. The smallest absolute Gasteiger partial charge is 0.337 e. The van der Waals surface area contributed by atoms with Crippen LogP contribution in [0.2, 0.25) is 5.02 Å². The Bertz CT molecular complexity index is 900. The number of methoxy groups -OCH3 is 1. The average Bonchev–Trinajstić information content (AvgIpc) is 2.61. The molecule has 5 nitrogen and oxygen atoms in total. The minimum Gasteiger partial charge on any atom is -0.465 e. The third-order valence-corrected chi connectivity index (χ3v) is 6.56. The van der Waals surface area contributed by atoms with Crippen LogP contribution in [0, 0.1) is 5.82 Å². The number of rotatable bonds is 6. The predicted molar refractivity (Wildman–Crippen MR) is 97.2 cm³/mol. The van der Waals surface area contributed by atoms with Crippen molar-refractivity contribution in [2.75, 3.05) is 13.7 Å². The molecule has 2 aromatic carbocycles. The molecule has 0 saturated heterocycles. The average molecular weight is 400 g/mol. The van der Waals surface area contributed by atoms with E-state index in [1.807, 2.05) is 0 Å². The van der Waals surface area contributed by atoms with Crippen LogP contribution < -0.4 is 0 Å². The van der Waals surface area contributed by atoms with Crippen LogP contribution in [0.3, 0.4) is 0 Å². The zero-order chi connectivity index (χ0) is 19.5. The number of esters is 1. The number of hydrogen-bond donors (Lipinski definition) is 0. The summed E-state index contributed by atoms with van der Waals surface area (Å²) in [6, 6.07) is 9.01. The van der Waals surface area contributed by atoms with Gasteiger partial charge in [-0.2, -0.15) is 4.31 Å². The van der Waals surface area contributed by atoms with Gasteiger partial charge in [-0.05, 0) is 42.8 Å². The van der Waals surface area contributed by atoms with Gasteiger partial charge in [-0.3, -0.25) is 0 Å².